The van der Waals surface area contributed by atoms with E-state index in [1.807, 2.05) is 12.3 Å². The zero-order valence-electron chi connectivity index (χ0n) is 18.3. The van der Waals surface area contributed by atoms with Crippen molar-refractivity contribution in [2.24, 2.45) is 5.92 Å². The Balaban J connectivity index is 1.19. The highest BCUT2D eigenvalue weighted by Crippen LogP contribution is 2.33. The third kappa shape index (κ3) is 4.93. The first-order valence-corrected chi connectivity index (χ1v) is 12.2. The molecule has 0 bridgehead atoms. The maximum Gasteiger partial charge on any atom is 0.344 e. The molecule has 0 aromatic carbocycles. The van der Waals surface area contributed by atoms with E-state index in [2.05, 4.69) is 25.9 Å². The van der Waals surface area contributed by atoms with Crippen molar-refractivity contribution >= 4 is 40.2 Å². The lowest BCUT2D eigenvalue weighted by molar-refractivity contribution is -0.140. The number of likely N-dealkylation sites (tertiary alicyclic amines) is 1. The Bertz CT molecular complexity index is 889. The fourth-order valence-electron chi connectivity index (χ4n) is 4.69. The highest BCUT2D eigenvalue weighted by atomic mass is 32.1. The highest BCUT2D eigenvalue weighted by molar-refractivity contribution is 7.13. The number of carbonyl (C=O) groups excluding carboxylic acids is 4. The summed E-state index contributed by atoms with van der Waals surface area (Å²) in [4.78, 5) is 56.2. The topological polar surface area (TPSA) is 124 Å². The van der Waals surface area contributed by atoms with Crippen LogP contribution >= 0.6 is 11.3 Å². The van der Waals surface area contributed by atoms with Crippen LogP contribution in [-0.4, -0.2) is 63.8 Å². The molecule has 0 radical (unpaired) electrons. The van der Waals surface area contributed by atoms with Crippen LogP contribution in [0.2, 0.25) is 0 Å². The van der Waals surface area contributed by atoms with Crippen molar-refractivity contribution in [2.75, 3.05) is 25.0 Å². The van der Waals surface area contributed by atoms with E-state index in [4.69, 9.17) is 0 Å². The number of aromatic nitrogens is 1. The summed E-state index contributed by atoms with van der Waals surface area (Å²) in [6.07, 6.45) is 5.69. The molecule has 5 amide bonds. The number of nitrogens with zero attached hydrogens (tertiary/aromatic N) is 3. The number of hydrazine groups is 1. The Morgan fingerprint density at radius 2 is 1.94 bits per heavy atom. The Hall–Kier alpha value is -2.53. The fraction of sp³-hybridized carbons (Fsp3) is 0.667. The molecule has 3 aliphatic rings. The second-order valence-electron chi connectivity index (χ2n) is 8.90. The van der Waals surface area contributed by atoms with E-state index in [9.17, 15) is 19.2 Å². The molecule has 32 heavy (non-hydrogen) atoms. The number of hydrogen-bond donors (Lipinski definition) is 3. The van der Waals surface area contributed by atoms with Gasteiger partial charge in [0.25, 0.3) is 5.91 Å². The van der Waals surface area contributed by atoms with Crippen LogP contribution in [0.15, 0.2) is 5.38 Å². The van der Waals surface area contributed by atoms with E-state index in [1.165, 1.54) is 11.3 Å². The maximum absolute atomic E-state index is 12.7. The molecule has 4 rings (SSSR count). The largest absolute Gasteiger partial charge is 0.344 e. The molecule has 1 aromatic heterocycles. The lowest BCUT2D eigenvalue weighted by Gasteiger charge is -2.31. The quantitative estimate of drug-likeness (QED) is 0.554. The van der Waals surface area contributed by atoms with E-state index >= 15 is 0 Å². The minimum Gasteiger partial charge on any atom is -0.322 e. The number of rotatable bonds is 6. The third-order valence-electron chi connectivity index (χ3n) is 6.57. The summed E-state index contributed by atoms with van der Waals surface area (Å²) in [5.41, 5.74) is 2.53. The van der Waals surface area contributed by atoms with Crippen LogP contribution in [-0.2, 0) is 14.4 Å². The van der Waals surface area contributed by atoms with Crippen molar-refractivity contribution in [3.8, 4) is 0 Å². The van der Waals surface area contributed by atoms with Gasteiger partial charge in [0.05, 0.1) is 5.69 Å². The first-order chi connectivity index (χ1) is 15.4. The SMILES string of the molecule is Cc1csc(NC(=O)C2CCN(CCC(=O)NN3C(=O)NC4(CCCCC4)C3=O)CC2)n1. The van der Waals surface area contributed by atoms with Crippen LogP contribution in [0.25, 0.3) is 0 Å². The van der Waals surface area contributed by atoms with Gasteiger partial charge < -0.3 is 15.5 Å². The minimum absolute atomic E-state index is 0.00746. The Morgan fingerprint density at radius 1 is 1.22 bits per heavy atom. The molecule has 1 spiro atoms. The Morgan fingerprint density at radius 3 is 2.59 bits per heavy atom. The summed E-state index contributed by atoms with van der Waals surface area (Å²) in [7, 11) is 0. The number of thiazole rings is 1. The van der Waals surface area contributed by atoms with Gasteiger partial charge in [-0.25, -0.2) is 9.78 Å². The molecule has 2 saturated heterocycles. The Kier molecular flexibility index (Phi) is 6.75. The molecule has 1 aliphatic carbocycles. The first-order valence-electron chi connectivity index (χ1n) is 11.3. The number of carbonyl (C=O) groups is 4. The van der Waals surface area contributed by atoms with E-state index in [0.29, 0.717) is 50.4 Å². The van der Waals surface area contributed by atoms with Gasteiger partial charge in [-0.3, -0.25) is 19.8 Å². The van der Waals surface area contributed by atoms with Crippen molar-refractivity contribution in [1.29, 1.82) is 0 Å². The molecule has 11 heteroatoms. The standard InChI is InChI=1S/C21H30N6O4S/c1-14-13-32-19(22-14)23-17(29)15-5-10-26(11-6-15)12-7-16(28)25-27-18(30)21(24-20(27)31)8-3-2-4-9-21/h13,15H,2-12H2,1H3,(H,24,31)(H,25,28)(H,22,23,29). The third-order valence-corrected chi connectivity index (χ3v) is 7.44. The van der Waals surface area contributed by atoms with Crippen LogP contribution in [0, 0.1) is 12.8 Å². The van der Waals surface area contributed by atoms with E-state index in [-0.39, 0.29) is 30.1 Å². The number of piperidine rings is 1. The second kappa shape index (κ2) is 9.53. The summed E-state index contributed by atoms with van der Waals surface area (Å²) < 4.78 is 0. The fourth-order valence-corrected chi connectivity index (χ4v) is 5.39. The van der Waals surface area contributed by atoms with Crippen molar-refractivity contribution in [3.05, 3.63) is 11.1 Å². The molecule has 1 saturated carbocycles. The molecule has 2 aliphatic heterocycles. The first kappa shape index (κ1) is 22.7. The van der Waals surface area contributed by atoms with Gasteiger partial charge in [0, 0.05) is 24.3 Å². The summed E-state index contributed by atoms with van der Waals surface area (Å²) in [6, 6.07) is -0.549. The molecule has 0 atom stereocenters. The smallest absolute Gasteiger partial charge is 0.322 e. The van der Waals surface area contributed by atoms with Crippen LogP contribution in [0.3, 0.4) is 0 Å². The molecule has 1 aromatic rings. The predicted molar refractivity (Wildman–Crippen MR) is 119 cm³/mol. The average molecular weight is 463 g/mol. The van der Waals surface area contributed by atoms with Gasteiger partial charge in [-0.1, -0.05) is 19.3 Å². The summed E-state index contributed by atoms with van der Waals surface area (Å²) in [5, 5.41) is 9.04. The monoisotopic (exact) mass is 462 g/mol. The zero-order chi connectivity index (χ0) is 22.7. The van der Waals surface area contributed by atoms with Gasteiger partial charge in [0.2, 0.25) is 11.8 Å². The molecule has 174 valence electrons. The number of imide groups is 1. The van der Waals surface area contributed by atoms with Crippen molar-refractivity contribution in [2.45, 2.75) is 63.8 Å². The van der Waals surface area contributed by atoms with Gasteiger partial charge in [-0.05, 0) is 45.7 Å². The number of hydrogen-bond acceptors (Lipinski definition) is 7. The zero-order valence-corrected chi connectivity index (χ0v) is 19.1. The number of aryl methyl sites for hydroxylation is 1. The molecular formula is C21H30N6O4S. The van der Waals surface area contributed by atoms with Crippen LogP contribution in [0.1, 0.15) is 57.1 Å². The van der Waals surface area contributed by atoms with E-state index in [0.717, 1.165) is 30.0 Å². The maximum atomic E-state index is 12.7. The van der Waals surface area contributed by atoms with Crippen LogP contribution < -0.4 is 16.1 Å². The van der Waals surface area contributed by atoms with E-state index in [1.54, 1.807) is 0 Å². The molecule has 3 heterocycles. The summed E-state index contributed by atoms with van der Waals surface area (Å²) in [5.74, 6) is -0.785. The molecule has 3 N–H and O–H groups in total. The summed E-state index contributed by atoms with van der Waals surface area (Å²) in [6.45, 7) is 3.84. The lowest BCUT2D eigenvalue weighted by Crippen LogP contribution is -2.51. The number of nitrogens with one attached hydrogen (secondary N) is 3. The Labute approximate surface area is 191 Å². The van der Waals surface area contributed by atoms with Crippen molar-refractivity contribution < 1.29 is 19.2 Å². The van der Waals surface area contributed by atoms with Crippen LogP contribution in [0.5, 0.6) is 0 Å². The van der Waals surface area contributed by atoms with E-state index < -0.39 is 11.6 Å². The predicted octanol–water partition coefficient (Wildman–Crippen LogP) is 1.78. The van der Waals surface area contributed by atoms with Gasteiger partial charge in [-0.15, -0.1) is 11.3 Å². The lowest BCUT2D eigenvalue weighted by atomic mass is 9.82. The van der Waals surface area contributed by atoms with Gasteiger partial charge >= 0.3 is 6.03 Å². The number of urea groups is 1. The van der Waals surface area contributed by atoms with Gasteiger partial charge in [0.1, 0.15) is 5.54 Å². The normalized spacial score (nSPS) is 21.6. The molecular weight excluding hydrogens is 432 g/mol. The molecule has 10 nitrogen and oxygen atoms in total. The van der Waals surface area contributed by atoms with Crippen LogP contribution in [0.4, 0.5) is 9.93 Å². The number of amides is 5. The second-order valence-corrected chi connectivity index (χ2v) is 9.76. The molecule has 3 fully saturated rings. The van der Waals surface area contributed by atoms with Crippen molar-refractivity contribution in [3.63, 3.8) is 0 Å². The molecule has 0 unspecified atom stereocenters. The average Bonchev–Trinajstić information content (AvgIpc) is 3.29. The summed E-state index contributed by atoms with van der Waals surface area (Å²) >= 11 is 1.42. The van der Waals surface area contributed by atoms with Gasteiger partial charge in [-0.2, -0.15) is 5.01 Å². The highest BCUT2D eigenvalue weighted by Gasteiger charge is 2.52. The van der Waals surface area contributed by atoms with Gasteiger partial charge in [0.15, 0.2) is 5.13 Å². The minimum atomic E-state index is -0.845. The number of anilines is 1. The van der Waals surface area contributed by atoms with Crippen molar-refractivity contribution in [1.82, 2.24) is 25.6 Å².